The molecule has 10 heteroatoms. The Morgan fingerprint density at radius 3 is 2.39 bits per heavy atom. The zero-order chi connectivity index (χ0) is 19.7. The highest BCUT2D eigenvalue weighted by molar-refractivity contribution is 9.11. The highest BCUT2D eigenvalue weighted by Gasteiger charge is 2.36. The summed E-state index contributed by atoms with van der Waals surface area (Å²) in [6.45, 7) is 1.43. The fourth-order valence-electron chi connectivity index (χ4n) is 3.55. The van der Waals surface area contributed by atoms with Crippen LogP contribution >= 0.6 is 27.3 Å². The number of carbonyl (C=O) groups is 1. The molecule has 0 spiro atoms. The highest BCUT2D eigenvalue weighted by atomic mass is 79.9. The van der Waals surface area contributed by atoms with E-state index in [1.807, 2.05) is 30.3 Å². The number of carbonyl (C=O) groups excluding carboxylic acids is 1. The minimum absolute atomic E-state index is 0.0156. The Kier molecular flexibility index (Phi) is 5.86. The van der Waals surface area contributed by atoms with Gasteiger partial charge >= 0.3 is 0 Å². The van der Waals surface area contributed by atoms with Gasteiger partial charge in [0.15, 0.2) is 0 Å². The number of nitrogens with one attached hydrogen (secondary N) is 2. The Morgan fingerprint density at radius 2 is 1.75 bits per heavy atom. The molecule has 7 nitrogen and oxygen atoms in total. The van der Waals surface area contributed by atoms with E-state index in [4.69, 9.17) is 0 Å². The average Bonchev–Trinajstić information content (AvgIpc) is 3.38. The maximum Gasteiger partial charge on any atom is 0.252 e. The maximum atomic E-state index is 12.9. The van der Waals surface area contributed by atoms with Crippen molar-refractivity contribution in [2.45, 2.75) is 22.7 Å². The molecular weight excluding hydrogens is 464 g/mol. The van der Waals surface area contributed by atoms with Crippen LogP contribution in [0.25, 0.3) is 0 Å². The topological polar surface area (TPSA) is 81.8 Å². The summed E-state index contributed by atoms with van der Waals surface area (Å²) < 4.78 is 28.0. The molecule has 2 N–H and O–H groups in total. The Labute approximate surface area is 176 Å². The second-order valence-electron chi connectivity index (χ2n) is 6.83. The predicted molar refractivity (Wildman–Crippen MR) is 111 cm³/mol. The first-order valence-corrected chi connectivity index (χ1v) is 12.1. The van der Waals surface area contributed by atoms with Gasteiger partial charge in [-0.1, -0.05) is 30.3 Å². The molecule has 0 bridgehead atoms. The van der Waals surface area contributed by atoms with Crippen LogP contribution in [-0.4, -0.2) is 55.8 Å². The van der Waals surface area contributed by atoms with Gasteiger partial charge in [-0.3, -0.25) is 4.79 Å². The molecule has 2 unspecified atom stereocenters. The van der Waals surface area contributed by atoms with Gasteiger partial charge in [-0.25, -0.2) is 19.3 Å². The van der Waals surface area contributed by atoms with E-state index in [0.29, 0.717) is 36.8 Å². The molecule has 1 aromatic heterocycles. The van der Waals surface area contributed by atoms with Gasteiger partial charge in [0.1, 0.15) is 10.3 Å². The minimum atomic E-state index is -3.50. The molecule has 2 aliphatic heterocycles. The van der Waals surface area contributed by atoms with E-state index < -0.39 is 10.0 Å². The summed E-state index contributed by atoms with van der Waals surface area (Å²) in [5, 5.41) is 0. The zero-order valence-corrected chi connectivity index (χ0v) is 18.3. The number of nitrogens with zero attached hydrogens (tertiary/aromatic N) is 2. The Morgan fingerprint density at radius 1 is 1.04 bits per heavy atom. The normalized spacial score (nSPS) is 23.8. The number of piperazine rings is 1. The number of halogens is 1. The van der Waals surface area contributed by atoms with Gasteiger partial charge < -0.3 is 4.90 Å². The molecule has 1 aromatic carbocycles. The molecule has 2 saturated heterocycles. The van der Waals surface area contributed by atoms with Crippen LogP contribution in [0.15, 0.2) is 50.5 Å². The standard InChI is InChI=1S/C18H21BrN4O3S2/c19-16-6-7-17(27-16)28(25,26)23-10-8-22(9-11-23)18(24)15-12-14(20-21-15)13-4-2-1-3-5-13/h1-7,14-15,20-21H,8-12H2. The maximum absolute atomic E-state index is 12.9. The molecule has 2 aliphatic rings. The Balaban J connectivity index is 1.34. The highest BCUT2D eigenvalue weighted by Crippen LogP contribution is 2.29. The Bertz CT molecular complexity index is 943. The van der Waals surface area contributed by atoms with Gasteiger partial charge in [0.25, 0.3) is 10.0 Å². The molecule has 2 atom stereocenters. The summed E-state index contributed by atoms with van der Waals surface area (Å²) >= 11 is 4.51. The largest absolute Gasteiger partial charge is 0.339 e. The average molecular weight is 485 g/mol. The summed E-state index contributed by atoms with van der Waals surface area (Å²) in [7, 11) is -3.50. The fraction of sp³-hybridized carbons (Fsp3) is 0.389. The number of sulfonamides is 1. The first kappa shape index (κ1) is 20.0. The van der Waals surface area contributed by atoms with Gasteiger partial charge in [0.2, 0.25) is 5.91 Å². The van der Waals surface area contributed by atoms with E-state index in [9.17, 15) is 13.2 Å². The molecule has 28 heavy (non-hydrogen) atoms. The van der Waals surface area contributed by atoms with Gasteiger partial charge in [0.05, 0.1) is 3.79 Å². The van der Waals surface area contributed by atoms with Gasteiger partial charge in [-0.2, -0.15) is 4.31 Å². The number of benzene rings is 1. The lowest BCUT2D eigenvalue weighted by molar-refractivity contribution is -0.134. The second-order valence-corrected chi connectivity index (χ2v) is 11.5. The van der Waals surface area contributed by atoms with Gasteiger partial charge in [0, 0.05) is 32.2 Å². The lowest BCUT2D eigenvalue weighted by atomic mass is 10.0. The third kappa shape index (κ3) is 4.03. The smallest absolute Gasteiger partial charge is 0.252 e. The molecule has 2 aromatic rings. The van der Waals surface area contributed by atoms with Crippen LogP contribution in [0.5, 0.6) is 0 Å². The van der Waals surface area contributed by atoms with Crippen molar-refractivity contribution >= 4 is 43.2 Å². The van der Waals surface area contributed by atoms with E-state index >= 15 is 0 Å². The lowest BCUT2D eigenvalue weighted by Gasteiger charge is -2.34. The van der Waals surface area contributed by atoms with Crippen molar-refractivity contribution in [3.8, 4) is 0 Å². The third-order valence-electron chi connectivity index (χ3n) is 5.10. The predicted octanol–water partition coefficient (Wildman–Crippen LogP) is 1.95. The van der Waals surface area contributed by atoms with Crippen LogP contribution in [0, 0.1) is 0 Å². The number of rotatable bonds is 4. The fourth-order valence-corrected chi connectivity index (χ4v) is 7.14. The van der Waals surface area contributed by atoms with Crippen LogP contribution in [0.3, 0.4) is 0 Å². The van der Waals surface area contributed by atoms with Crippen LogP contribution in [-0.2, 0) is 14.8 Å². The molecule has 0 saturated carbocycles. The summed E-state index contributed by atoms with van der Waals surface area (Å²) in [6.07, 6.45) is 0.671. The summed E-state index contributed by atoms with van der Waals surface area (Å²) in [4.78, 5) is 14.6. The zero-order valence-electron chi connectivity index (χ0n) is 15.0. The summed E-state index contributed by atoms with van der Waals surface area (Å²) in [6, 6.07) is 13.2. The molecule has 3 heterocycles. The number of thiophene rings is 1. The third-order valence-corrected chi connectivity index (χ3v) is 9.09. The van der Waals surface area contributed by atoms with E-state index in [2.05, 4.69) is 26.8 Å². The molecule has 4 rings (SSSR count). The summed E-state index contributed by atoms with van der Waals surface area (Å²) in [5.41, 5.74) is 7.43. The van der Waals surface area contributed by atoms with Crippen LogP contribution in [0.4, 0.5) is 0 Å². The van der Waals surface area contributed by atoms with Crippen LogP contribution in [0.2, 0.25) is 0 Å². The van der Waals surface area contributed by atoms with Crippen molar-refractivity contribution in [2.24, 2.45) is 0 Å². The first-order valence-electron chi connectivity index (χ1n) is 9.05. The molecule has 0 aliphatic carbocycles. The molecular formula is C18H21BrN4O3S2. The lowest BCUT2D eigenvalue weighted by Crippen LogP contribution is -2.54. The molecule has 1 amide bonds. The molecule has 150 valence electrons. The van der Waals surface area contributed by atoms with E-state index in [-0.39, 0.29) is 18.0 Å². The molecule has 0 radical (unpaired) electrons. The Hall–Kier alpha value is -1.30. The van der Waals surface area contributed by atoms with E-state index in [1.165, 1.54) is 15.6 Å². The van der Waals surface area contributed by atoms with Gasteiger partial charge in [-0.05, 0) is 40.0 Å². The number of hydrogen-bond acceptors (Lipinski definition) is 6. The number of amides is 1. The quantitative estimate of drug-likeness (QED) is 0.692. The van der Waals surface area contributed by atoms with Crippen LogP contribution in [0.1, 0.15) is 18.0 Å². The minimum Gasteiger partial charge on any atom is -0.339 e. The monoisotopic (exact) mass is 484 g/mol. The first-order chi connectivity index (χ1) is 13.4. The number of hydrazine groups is 1. The second kappa shape index (κ2) is 8.21. The van der Waals surface area contributed by atoms with Crippen LogP contribution < -0.4 is 10.9 Å². The van der Waals surface area contributed by atoms with Crippen molar-refractivity contribution in [3.63, 3.8) is 0 Å². The number of hydrogen-bond donors (Lipinski definition) is 2. The van der Waals surface area contributed by atoms with Crippen molar-refractivity contribution in [1.29, 1.82) is 0 Å². The van der Waals surface area contributed by atoms with E-state index in [1.54, 1.807) is 17.0 Å². The van der Waals surface area contributed by atoms with Crippen molar-refractivity contribution in [3.05, 3.63) is 51.8 Å². The van der Waals surface area contributed by atoms with Gasteiger partial charge in [-0.15, -0.1) is 11.3 Å². The van der Waals surface area contributed by atoms with Crippen molar-refractivity contribution in [2.75, 3.05) is 26.2 Å². The van der Waals surface area contributed by atoms with E-state index in [0.717, 1.165) is 9.35 Å². The van der Waals surface area contributed by atoms with Crippen molar-refractivity contribution in [1.82, 2.24) is 20.1 Å². The van der Waals surface area contributed by atoms with Crippen molar-refractivity contribution < 1.29 is 13.2 Å². The SMILES string of the molecule is O=C(C1CC(c2ccccc2)NN1)N1CCN(S(=O)(=O)c2ccc(Br)s2)CC1. The molecule has 2 fully saturated rings. The summed E-state index contributed by atoms with van der Waals surface area (Å²) in [5.74, 6) is 0.0156.